The summed E-state index contributed by atoms with van der Waals surface area (Å²) in [6.07, 6.45) is 5.03. The van der Waals surface area contributed by atoms with Crippen LogP contribution in [0.15, 0.2) is 48.8 Å². The summed E-state index contributed by atoms with van der Waals surface area (Å²) in [5, 5.41) is 6.08. The molecule has 2 rings (SSSR count). The summed E-state index contributed by atoms with van der Waals surface area (Å²) in [5.74, 6) is 0.0964. The monoisotopic (exact) mass is 297 g/mol. The highest BCUT2D eigenvalue weighted by molar-refractivity contribution is 5.76. The van der Waals surface area contributed by atoms with Gasteiger partial charge in [-0.3, -0.25) is 9.78 Å². The molecule has 1 unspecified atom stereocenters. The van der Waals surface area contributed by atoms with E-state index in [0.29, 0.717) is 6.42 Å². The maximum absolute atomic E-state index is 11.8. The van der Waals surface area contributed by atoms with E-state index in [1.54, 1.807) is 6.20 Å². The van der Waals surface area contributed by atoms with Gasteiger partial charge in [-0.25, -0.2) is 0 Å². The van der Waals surface area contributed by atoms with Crippen LogP contribution in [0.25, 0.3) is 11.1 Å². The molecule has 0 saturated heterocycles. The van der Waals surface area contributed by atoms with Crippen molar-refractivity contribution in [1.29, 1.82) is 0 Å². The maximum Gasteiger partial charge on any atom is 0.220 e. The van der Waals surface area contributed by atoms with Crippen molar-refractivity contribution in [2.45, 2.75) is 25.8 Å². The van der Waals surface area contributed by atoms with Gasteiger partial charge in [-0.2, -0.15) is 0 Å². The maximum atomic E-state index is 11.8. The number of aromatic nitrogens is 1. The minimum Gasteiger partial charge on any atom is -0.350 e. The molecule has 4 nitrogen and oxygen atoms in total. The summed E-state index contributed by atoms with van der Waals surface area (Å²) < 4.78 is 0. The standard InChI is InChI=1S/C18H23N3O/c1-14(21-18(22)6-4-11-19-2)15-7-9-16(10-8-15)17-5-3-12-20-13-17/h3,5,7-10,12-14,19H,4,6,11H2,1-2H3,(H,21,22). The second-order valence-electron chi connectivity index (χ2n) is 5.36. The lowest BCUT2D eigenvalue weighted by atomic mass is 10.0. The Bertz CT molecular complexity index is 581. The van der Waals surface area contributed by atoms with Crippen LogP contribution in [-0.4, -0.2) is 24.5 Å². The molecule has 1 aromatic carbocycles. The van der Waals surface area contributed by atoms with Gasteiger partial charge in [-0.05, 0) is 49.7 Å². The Balaban J connectivity index is 1.94. The number of hydrogen-bond acceptors (Lipinski definition) is 3. The van der Waals surface area contributed by atoms with Crippen molar-refractivity contribution in [2.24, 2.45) is 0 Å². The number of hydrogen-bond donors (Lipinski definition) is 2. The number of rotatable bonds is 7. The van der Waals surface area contributed by atoms with Gasteiger partial charge in [-0.15, -0.1) is 0 Å². The van der Waals surface area contributed by atoms with Crippen molar-refractivity contribution < 1.29 is 4.79 Å². The highest BCUT2D eigenvalue weighted by Gasteiger charge is 2.09. The van der Waals surface area contributed by atoms with Gasteiger partial charge in [0.1, 0.15) is 0 Å². The molecule has 1 amide bonds. The Labute approximate surface area is 132 Å². The first kappa shape index (κ1) is 16.2. The summed E-state index contributed by atoms with van der Waals surface area (Å²) in [4.78, 5) is 16.0. The molecular formula is C18H23N3O. The van der Waals surface area contributed by atoms with Crippen molar-refractivity contribution in [1.82, 2.24) is 15.6 Å². The second-order valence-corrected chi connectivity index (χ2v) is 5.36. The second kappa shape index (κ2) is 8.29. The van der Waals surface area contributed by atoms with Crippen LogP contribution in [0.2, 0.25) is 0 Å². The molecule has 116 valence electrons. The molecule has 0 spiro atoms. The summed E-state index contributed by atoms with van der Waals surface area (Å²) in [6, 6.07) is 12.2. The van der Waals surface area contributed by atoms with E-state index in [1.165, 1.54) is 0 Å². The van der Waals surface area contributed by atoms with Crippen LogP contribution in [0.4, 0.5) is 0 Å². The van der Waals surface area contributed by atoms with Gasteiger partial charge in [0.15, 0.2) is 0 Å². The minimum absolute atomic E-state index is 0.0186. The predicted molar refractivity (Wildman–Crippen MR) is 89.4 cm³/mol. The number of carbonyl (C=O) groups excluding carboxylic acids is 1. The molecule has 0 aliphatic rings. The Kier molecular flexibility index (Phi) is 6.10. The number of benzene rings is 1. The third kappa shape index (κ3) is 4.67. The number of amides is 1. The van der Waals surface area contributed by atoms with Crippen LogP contribution in [-0.2, 0) is 4.79 Å². The first-order valence-electron chi connectivity index (χ1n) is 7.65. The Morgan fingerprint density at radius 1 is 1.18 bits per heavy atom. The molecule has 2 aromatic rings. The summed E-state index contributed by atoms with van der Waals surface area (Å²) in [5.41, 5.74) is 3.33. The minimum atomic E-state index is 0.0186. The lowest BCUT2D eigenvalue weighted by Gasteiger charge is -2.15. The molecule has 0 saturated carbocycles. The van der Waals surface area contributed by atoms with Crippen LogP contribution >= 0.6 is 0 Å². The van der Waals surface area contributed by atoms with Gasteiger partial charge in [0, 0.05) is 18.8 Å². The largest absolute Gasteiger partial charge is 0.350 e. The van der Waals surface area contributed by atoms with E-state index >= 15 is 0 Å². The molecule has 0 bridgehead atoms. The first-order chi connectivity index (χ1) is 10.7. The Morgan fingerprint density at radius 2 is 1.95 bits per heavy atom. The van der Waals surface area contributed by atoms with Gasteiger partial charge in [-0.1, -0.05) is 30.3 Å². The highest BCUT2D eigenvalue weighted by Crippen LogP contribution is 2.21. The van der Waals surface area contributed by atoms with Gasteiger partial charge >= 0.3 is 0 Å². The molecule has 22 heavy (non-hydrogen) atoms. The molecular weight excluding hydrogens is 274 g/mol. The Morgan fingerprint density at radius 3 is 2.59 bits per heavy atom. The van der Waals surface area contributed by atoms with E-state index in [-0.39, 0.29) is 11.9 Å². The average molecular weight is 297 g/mol. The molecule has 4 heteroatoms. The van der Waals surface area contributed by atoms with Crippen molar-refractivity contribution in [3.63, 3.8) is 0 Å². The zero-order valence-corrected chi connectivity index (χ0v) is 13.2. The highest BCUT2D eigenvalue weighted by atomic mass is 16.1. The van der Waals surface area contributed by atoms with Crippen molar-refractivity contribution >= 4 is 5.91 Å². The van der Waals surface area contributed by atoms with E-state index in [1.807, 2.05) is 32.3 Å². The first-order valence-corrected chi connectivity index (χ1v) is 7.65. The lowest BCUT2D eigenvalue weighted by Crippen LogP contribution is -2.27. The molecule has 1 atom stereocenters. The fraction of sp³-hybridized carbons (Fsp3) is 0.333. The molecule has 0 radical (unpaired) electrons. The molecule has 1 heterocycles. The van der Waals surface area contributed by atoms with Crippen molar-refractivity contribution in [3.8, 4) is 11.1 Å². The summed E-state index contributed by atoms with van der Waals surface area (Å²) in [7, 11) is 1.89. The van der Waals surface area contributed by atoms with Crippen LogP contribution < -0.4 is 10.6 Å². The zero-order valence-electron chi connectivity index (χ0n) is 13.2. The third-order valence-corrected chi connectivity index (χ3v) is 3.61. The lowest BCUT2D eigenvalue weighted by molar-refractivity contribution is -0.121. The van der Waals surface area contributed by atoms with Crippen LogP contribution in [0.1, 0.15) is 31.4 Å². The van der Waals surface area contributed by atoms with Crippen molar-refractivity contribution in [3.05, 3.63) is 54.4 Å². The van der Waals surface area contributed by atoms with Gasteiger partial charge in [0.25, 0.3) is 0 Å². The molecule has 2 N–H and O–H groups in total. The van der Waals surface area contributed by atoms with Gasteiger partial charge in [0.05, 0.1) is 6.04 Å². The fourth-order valence-electron chi connectivity index (χ4n) is 2.32. The quantitative estimate of drug-likeness (QED) is 0.773. The topological polar surface area (TPSA) is 54.0 Å². The molecule has 0 aliphatic carbocycles. The van der Waals surface area contributed by atoms with Crippen LogP contribution in [0.5, 0.6) is 0 Å². The van der Waals surface area contributed by atoms with Gasteiger partial charge < -0.3 is 10.6 Å². The number of carbonyl (C=O) groups is 1. The zero-order chi connectivity index (χ0) is 15.8. The number of nitrogens with one attached hydrogen (secondary N) is 2. The molecule has 0 aliphatic heterocycles. The van der Waals surface area contributed by atoms with E-state index < -0.39 is 0 Å². The molecule has 1 aromatic heterocycles. The van der Waals surface area contributed by atoms with E-state index in [0.717, 1.165) is 29.7 Å². The fourth-order valence-corrected chi connectivity index (χ4v) is 2.32. The number of nitrogens with zero attached hydrogens (tertiary/aromatic N) is 1. The van der Waals surface area contributed by atoms with Crippen LogP contribution in [0, 0.1) is 0 Å². The van der Waals surface area contributed by atoms with Gasteiger partial charge in [0.2, 0.25) is 5.91 Å². The smallest absolute Gasteiger partial charge is 0.220 e. The average Bonchev–Trinajstić information content (AvgIpc) is 2.56. The predicted octanol–water partition coefficient (Wildman–Crippen LogP) is 2.93. The SMILES string of the molecule is CNCCCC(=O)NC(C)c1ccc(-c2cccnc2)cc1. The normalized spacial score (nSPS) is 11.9. The summed E-state index contributed by atoms with van der Waals surface area (Å²) >= 11 is 0. The third-order valence-electron chi connectivity index (χ3n) is 3.61. The van der Waals surface area contributed by atoms with E-state index in [9.17, 15) is 4.79 Å². The van der Waals surface area contributed by atoms with Crippen LogP contribution in [0.3, 0.4) is 0 Å². The summed E-state index contributed by atoms with van der Waals surface area (Å²) in [6.45, 7) is 2.87. The van der Waals surface area contributed by atoms with Crippen molar-refractivity contribution in [2.75, 3.05) is 13.6 Å². The number of pyridine rings is 1. The van der Waals surface area contributed by atoms with E-state index in [4.69, 9.17) is 0 Å². The molecule has 0 fully saturated rings. The Hall–Kier alpha value is -2.20. The van der Waals surface area contributed by atoms with E-state index in [2.05, 4.69) is 39.9 Å².